The van der Waals surface area contributed by atoms with E-state index in [9.17, 15) is 9.59 Å². The first kappa shape index (κ1) is 17.8. The molecule has 1 N–H and O–H groups in total. The highest BCUT2D eigenvalue weighted by molar-refractivity contribution is 6.11. The van der Waals surface area contributed by atoms with E-state index in [2.05, 4.69) is 31.1 Å². The van der Waals surface area contributed by atoms with E-state index in [-0.39, 0.29) is 23.1 Å². The highest BCUT2D eigenvalue weighted by Crippen LogP contribution is 2.38. The molecule has 0 bridgehead atoms. The Morgan fingerprint density at radius 1 is 1.20 bits per heavy atom. The third kappa shape index (κ3) is 4.36. The molecule has 0 radical (unpaired) electrons. The van der Waals surface area contributed by atoms with E-state index in [1.807, 2.05) is 18.2 Å². The van der Waals surface area contributed by atoms with Gasteiger partial charge in [0.1, 0.15) is 0 Å². The summed E-state index contributed by atoms with van der Waals surface area (Å²) in [6, 6.07) is 0. The summed E-state index contributed by atoms with van der Waals surface area (Å²) in [5.41, 5.74) is 2.47. The molecule has 4 heteroatoms. The number of rotatable bonds is 2. The molecule has 3 aliphatic rings. The van der Waals surface area contributed by atoms with Crippen LogP contribution in [0.5, 0.6) is 0 Å². The van der Waals surface area contributed by atoms with Crippen molar-refractivity contribution in [2.24, 2.45) is 22.2 Å². The van der Waals surface area contributed by atoms with Gasteiger partial charge >= 0.3 is 0 Å². The molecule has 1 atom stereocenters. The Morgan fingerprint density at radius 2 is 1.92 bits per heavy atom. The van der Waals surface area contributed by atoms with Crippen LogP contribution in [0.2, 0.25) is 0 Å². The van der Waals surface area contributed by atoms with Crippen molar-refractivity contribution in [2.45, 2.75) is 59.3 Å². The fraction of sp³-hybridized carbons (Fsp3) is 0.571. The number of allylic oxidation sites excluding steroid dienone is 3. The van der Waals surface area contributed by atoms with Gasteiger partial charge in [0.05, 0.1) is 5.71 Å². The molecule has 2 amide bonds. The molecule has 4 nitrogen and oxygen atoms in total. The molecule has 1 saturated carbocycles. The van der Waals surface area contributed by atoms with Crippen LogP contribution in [-0.2, 0) is 9.59 Å². The number of nitrogens with one attached hydrogen (secondary N) is 1. The van der Waals surface area contributed by atoms with Crippen molar-refractivity contribution in [1.82, 2.24) is 5.32 Å². The van der Waals surface area contributed by atoms with Gasteiger partial charge in [0, 0.05) is 24.1 Å². The quantitative estimate of drug-likeness (QED) is 0.823. The fourth-order valence-corrected chi connectivity index (χ4v) is 3.97. The molecule has 0 aromatic heterocycles. The molecule has 1 unspecified atom stereocenters. The first-order chi connectivity index (χ1) is 11.8. The van der Waals surface area contributed by atoms with Crippen LogP contribution in [0, 0.1) is 17.3 Å². The Labute approximate surface area is 150 Å². The molecule has 2 aliphatic carbocycles. The van der Waals surface area contributed by atoms with E-state index in [1.54, 1.807) is 6.08 Å². The molecule has 0 aromatic carbocycles. The van der Waals surface area contributed by atoms with Crippen molar-refractivity contribution in [2.75, 3.05) is 0 Å². The predicted molar refractivity (Wildman–Crippen MR) is 100 cm³/mol. The second kappa shape index (κ2) is 7.11. The Hall–Kier alpha value is -1.97. The van der Waals surface area contributed by atoms with Crippen molar-refractivity contribution >= 4 is 17.5 Å². The second-order valence-electron chi connectivity index (χ2n) is 8.41. The average Bonchev–Trinajstić information content (AvgIpc) is 2.53. The zero-order valence-corrected chi connectivity index (χ0v) is 15.5. The lowest BCUT2D eigenvalue weighted by atomic mass is 9.74. The van der Waals surface area contributed by atoms with Crippen molar-refractivity contribution in [3.8, 4) is 0 Å². The standard InChI is InChI=1S/C21H28N2O2/c1-21(2,3)17-13-20(25)23-18-12-15(9-10-16(17)18)22-19(24)11-14-7-5-4-6-8-14/h9-10,12-14,16H,4-8,11H2,1-3H3,(H,23,25). The van der Waals surface area contributed by atoms with Gasteiger partial charge in [0.25, 0.3) is 0 Å². The third-order valence-electron chi connectivity index (χ3n) is 5.29. The molecule has 0 saturated heterocycles. The Balaban J connectivity index is 1.74. The minimum Gasteiger partial charge on any atom is -0.325 e. The van der Waals surface area contributed by atoms with Gasteiger partial charge in [-0.05, 0) is 41.9 Å². The summed E-state index contributed by atoms with van der Waals surface area (Å²) in [4.78, 5) is 28.6. The van der Waals surface area contributed by atoms with Crippen molar-refractivity contribution in [1.29, 1.82) is 0 Å². The molecule has 0 aromatic rings. The molecular formula is C21H28N2O2. The smallest absolute Gasteiger partial charge is 0.248 e. The van der Waals surface area contributed by atoms with E-state index >= 15 is 0 Å². The molecule has 134 valence electrons. The van der Waals surface area contributed by atoms with Crippen LogP contribution in [0.25, 0.3) is 0 Å². The topological polar surface area (TPSA) is 58.5 Å². The van der Waals surface area contributed by atoms with Gasteiger partial charge in [-0.2, -0.15) is 0 Å². The summed E-state index contributed by atoms with van der Waals surface area (Å²) >= 11 is 0. The number of carbonyl (C=O) groups is 2. The van der Waals surface area contributed by atoms with Gasteiger partial charge in [-0.25, -0.2) is 4.99 Å². The number of aliphatic imine (C=N–C) groups is 1. The maximum absolute atomic E-state index is 12.3. The predicted octanol–water partition coefficient (Wildman–Crippen LogP) is 4.10. The van der Waals surface area contributed by atoms with Crippen molar-refractivity contribution in [3.63, 3.8) is 0 Å². The zero-order valence-electron chi connectivity index (χ0n) is 15.5. The van der Waals surface area contributed by atoms with Crippen LogP contribution in [0.3, 0.4) is 0 Å². The number of hydrogen-bond acceptors (Lipinski definition) is 2. The van der Waals surface area contributed by atoms with Crippen LogP contribution < -0.4 is 5.32 Å². The minimum atomic E-state index is -0.101. The molecule has 25 heavy (non-hydrogen) atoms. The highest BCUT2D eigenvalue weighted by Gasteiger charge is 2.32. The summed E-state index contributed by atoms with van der Waals surface area (Å²) in [6.07, 6.45) is 14.1. The normalized spacial score (nSPS) is 26.0. The van der Waals surface area contributed by atoms with Gasteiger partial charge in [0.2, 0.25) is 11.8 Å². The fourth-order valence-electron chi connectivity index (χ4n) is 3.97. The molecule has 1 fully saturated rings. The molecule has 3 rings (SSSR count). The number of carbonyl (C=O) groups excluding carboxylic acids is 2. The maximum Gasteiger partial charge on any atom is 0.248 e. The summed E-state index contributed by atoms with van der Waals surface area (Å²) in [5.74, 6) is 0.402. The van der Waals surface area contributed by atoms with E-state index in [1.165, 1.54) is 19.3 Å². The minimum absolute atomic E-state index is 0.0458. The van der Waals surface area contributed by atoms with Crippen LogP contribution in [-0.4, -0.2) is 17.5 Å². The summed E-state index contributed by atoms with van der Waals surface area (Å²) < 4.78 is 0. The zero-order chi connectivity index (χ0) is 18.0. The van der Waals surface area contributed by atoms with Gasteiger partial charge in [-0.1, -0.05) is 46.1 Å². The first-order valence-electron chi connectivity index (χ1n) is 9.37. The van der Waals surface area contributed by atoms with Crippen LogP contribution in [0.15, 0.2) is 40.6 Å². The van der Waals surface area contributed by atoms with Crippen molar-refractivity contribution in [3.05, 3.63) is 35.6 Å². The Morgan fingerprint density at radius 3 is 2.60 bits per heavy atom. The number of hydrogen-bond donors (Lipinski definition) is 1. The average molecular weight is 340 g/mol. The number of nitrogens with zero attached hydrogens (tertiary/aromatic N) is 1. The van der Waals surface area contributed by atoms with Crippen LogP contribution >= 0.6 is 0 Å². The SMILES string of the molecule is CC(C)(C)C1=CC(=O)NC2=CC(=NC(=O)CC3CCCCC3)C=CC21. The number of amides is 2. The van der Waals surface area contributed by atoms with Crippen LogP contribution in [0.4, 0.5) is 0 Å². The lowest BCUT2D eigenvalue weighted by molar-refractivity contribution is -0.119. The maximum atomic E-state index is 12.3. The van der Waals surface area contributed by atoms with Gasteiger partial charge in [-0.3, -0.25) is 9.59 Å². The molecule has 1 aliphatic heterocycles. The molecule has 1 heterocycles. The van der Waals surface area contributed by atoms with Crippen molar-refractivity contribution < 1.29 is 9.59 Å². The lowest BCUT2D eigenvalue weighted by Crippen LogP contribution is -2.36. The molecular weight excluding hydrogens is 312 g/mol. The summed E-state index contributed by atoms with van der Waals surface area (Å²) in [7, 11) is 0. The lowest BCUT2D eigenvalue weighted by Gasteiger charge is -2.34. The summed E-state index contributed by atoms with van der Waals surface area (Å²) in [6.45, 7) is 6.33. The van der Waals surface area contributed by atoms with Gasteiger partial charge < -0.3 is 5.32 Å². The van der Waals surface area contributed by atoms with E-state index in [4.69, 9.17) is 0 Å². The van der Waals surface area contributed by atoms with E-state index < -0.39 is 0 Å². The molecule has 0 spiro atoms. The number of fused-ring (bicyclic) bond motifs is 1. The Kier molecular flexibility index (Phi) is 5.07. The summed E-state index contributed by atoms with van der Waals surface area (Å²) in [5, 5.41) is 2.91. The highest BCUT2D eigenvalue weighted by atomic mass is 16.2. The van der Waals surface area contributed by atoms with Crippen LogP contribution in [0.1, 0.15) is 59.3 Å². The third-order valence-corrected chi connectivity index (χ3v) is 5.29. The largest absolute Gasteiger partial charge is 0.325 e. The first-order valence-corrected chi connectivity index (χ1v) is 9.37. The monoisotopic (exact) mass is 340 g/mol. The van der Waals surface area contributed by atoms with E-state index in [0.29, 0.717) is 18.1 Å². The van der Waals surface area contributed by atoms with E-state index in [0.717, 1.165) is 24.1 Å². The van der Waals surface area contributed by atoms with Gasteiger partial charge in [0.15, 0.2) is 0 Å². The Bertz CT molecular complexity index is 683. The second-order valence-corrected chi connectivity index (χ2v) is 8.41. The van der Waals surface area contributed by atoms with Gasteiger partial charge in [-0.15, -0.1) is 0 Å².